The van der Waals surface area contributed by atoms with Gasteiger partial charge in [0.1, 0.15) is 18.2 Å². The lowest BCUT2D eigenvalue weighted by molar-refractivity contribution is -0.118. The van der Waals surface area contributed by atoms with Crippen LogP contribution in [-0.2, 0) is 4.79 Å². The fourth-order valence-corrected chi connectivity index (χ4v) is 2.91. The largest absolute Gasteiger partial charge is 0.340 e. The first kappa shape index (κ1) is 20.5. The molecular formula is C21H22ClN5O2. The third-order valence-electron chi connectivity index (χ3n) is 4.22. The lowest BCUT2D eigenvalue weighted by Crippen LogP contribution is -2.44. The molecule has 8 heteroatoms. The van der Waals surface area contributed by atoms with Gasteiger partial charge in [-0.1, -0.05) is 25.4 Å². The van der Waals surface area contributed by atoms with Gasteiger partial charge in [0.15, 0.2) is 0 Å². The highest BCUT2D eigenvalue weighted by atomic mass is 35.5. The normalized spacial score (nSPS) is 11.9. The molecule has 2 amide bonds. The zero-order chi connectivity index (χ0) is 20.8. The van der Waals surface area contributed by atoms with E-state index in [-0.39, 0.29) is 17.7 Å². The van der Waals surface area contributed by atoms with E-state index in [4.69, 9.17) is 11.6 Å². The number of amides is 2. The first-order valence-corrected chi connectivity index (χ1v) is 9.62. The molecule has 0 aliphatic carbocycles. The van der Waals surface area contributed by atoms with Crippen LogP contribution < -0.4 is 10.6 Å². The minimum atomic E-state index is -0.675. The van der Waals surface area contributed by atoms with Gasteiger partial charge in [-0.3, -0.25) is 14.2 Å². The first-order valence-electron chi connectivity index (χ1n) is 9.24. The van der Waals surface area contributed by atoms with E-state index in [1.165, 1.54) is 0 Å². The van der Waals surface area contributed by atoms with Gasteiger partial charge in [0, 0.05) is 23.0 Å². The van der Waals surface area contributed by atoms with E-state index in [1.807, 2.05) is 13.8 Å². The van der Waals surface area contributed by atoms with Gasteiger partial charge in [-0.05, 0) is 48.7 Å². The Bertz CT molecular complexity index is 954. The van der Waals surface area contributed by atoms with E-state index in [1.54, 1.807) is 65.9 Å². The number of carbonyl (C=O) groups is 2. The van der Waals surface area contributed by atoms with Gasteiger partial charge in [-0.15, -0.1) is 0 Å². The number of anilines is 1. The molecule has 3 rings (SSSR count). The Morgan fingerprint density at radius 2 is 1.90 bits per heavy atom. The minimum Gasteiger partial charge on any atom is -0.340 e. The fourth-order valence-electron chi connectivity index (χ4n) is 2.78. The molecule has 1 aromatic carbocycles. The van der Waals surface area contributed by atoms with Crippen LogP contribution in [0.3, 0.4) is 0 Å². The Labute approximate surface area is 174 Å². The van der Waals surface area contributed by atoms with Crippen molar-refractivity contribution in [2.75, 3.05) is 5.32 Å². The predicted molar refractivity (Wildman–Crippen MR) is 112 cm³/mol. The van der Waals surface area contributed by atoms with E-state index in [0.29, 0.717) is 28.5 Å². The number of rotatable bonds is 7. The van der Waals surface area contributed by atoms with E-state index in [0.717, 1.165) is 0 Å². The average Bonchev–Trinajstić information content (AvgIpc) is 3.23. The molecule has 0 aliphatic heterocycles. The maximum Gasteiger partial charge on any atom is 0.251 e. The number of imidazole rings is 1. The summed E-state index contributed by atoms with van der Waals surface area (Å²) in [6.45, 7) is 3.99. The van der Waals surface area contributed by atoms with Crippen LogP contribution in [0.5, 0.6) is 0 Å². The number of hydrogen-bond donors (Lipinski definition) is 2. The first-order chi connectivity index (χ1) is 13.9. The van der Waals surface area contributed by atoms with Crippen molar-refractivity contribution in [3.8, 4) is 5.82 Å². The van der Waals surface area contributed by atoms with Crippen LogP contribution in [0, 0.1) is 5.92 Å². The van der Waals surface area contributed by atoms with Crippen LogP contribution in [0.4, 0.5) is 5.69 Å². The van der Waals surface area contributed by atoms with Gasteiger partial charge in [-0.25, -0.2) is 9.97 Å². The zero-order valence-corrected chi connectivity index (χ0v) is 16.9. The summed E-state index contributed by atoms with van der Waals surface area (Å²) in [5, 5.41) is 6.18. The third kappa shape index (κ3) is 5.65. The standard InChI is InChI=1S/C21H22ClN5O2/c1-14(2)11-18(26-20(28)15-3-5-16(22)6-4-15)21(29)25-17-7-8-19(24-12-17)27-10-9-23-13-27/h3-10,12-14,18H,11H2,1-2H3,(H,25,29)(H,26,28). The molecule has 1 atom stereocenters. The molecule has 0 fully saturated rings. The maximum absolute atomic E-state index is 12.8. The second kappa shape index (κ2) is 9.34. The number of benzene rings is 1. The van der Waals surface area contributed by atoms with Gasteiger partial charge < -0.3 is 10.6 Å². The number of carbonyl (C=O) groups excluding carboxylic acids is 2. The second-order valence-electron chi connectivity index (χ2n) is 7.03. The van der Waals surface area contributed by atoms with Crippen molar-refractivity contribution in [1.29, 1.82) is 0 Å². The molecule has 0 spiro atoms. The lowest BCUT2D eigenvalue weighted by Gasteiger charge is -2.20. The Kier molecular flexibility index (Phi) is 6.61. The predicted octanol–water partition coefficient (Wildman–Crippen LogP) is 3.70. The van der Waals surface area contributed by atoms with Crippen molar-refractivity contribution in [3.05, 3.63) is 71.9 Å². The number of pyridine rings is 1. The molecule has 29 heavy (non-hydrogen) atoms. The summed E-state index contributed by atoms with van der Waals surface area (Å²) in [6.07, 6.45) is 7.17. The monoisotopic (exact) mass is 411 g/mol. The van der Waals surface area contributed by atoms with E-state index < -0.39 is 6.04 Å². The third-order valence-corrected chi connectivity index (χ3v) is 4.47. The molecule has 2 aromatic heterocycles. The summed E-state index contributed by atoms with van der Waals surface area (Å²) in [6, 6.07) is 9.39. The fraction of sp³-hybridized carbons (Fsp3) is 0.238. The van der Waals surface area contributed by atoms with Crippen molar-refractivity contribution < 1.29 is 9.59 Å². The van der Waals surface area contributed by atoms with Crippen molar-refractivity contribution in [2.45, 2.75) is 26.3 Å². The minimum absolute atomic E-state index is 0.220. The highest BCUT2D eigenvalue weighted by Crippen LogP contribution is 2.14. The summed E-state index contributed by atoms with van der Waals surface area (Å²) >= 11 is 5.87. The Balaban J connectivity index is 1.68. The summed E-state index contributed by atoms with van der Waals surface area (Å²) in [4.78, 5) is 33.6. The molecular weight excluding hydrogens is 390 g/mol. The van der Waals surface area contributed by atoms with Crippen LogP contribution >= 0.6 is 11.6 Å². The van der Waals surface area contributed by atoms with Crippen LogP contribution in [-0.4, -0.2) is 32.4 Å². The molecule has 0 bridgehead atoms. The van der Waals surface area contributed by atoms with Crippen molar-refractivity contribution in [3.63, 3.8) is 0 Å². The van der Waals surface area contributed by atoms with Crippen molar-refractivity contribution in [1.82, 2.24) is 19.9 Å². The second-order valence-corrected chi connectivity index (χ2v) is 7.46. The highest BCUT2D eigenvalue weighted by molar-refractivity contribution is 6.30. The van der Waals surface area contributed by atoms with Crippen LogP contribution in [0.15, 0.2) is 61.3 Å². The van der Waals surface area contributed by atoms with Crippen LogP contribution in [0.2, 0.25) is 5.02 Å². The van der Waals surface area contributed by atoms with Gasteiger partial charge >= 0.3 is 0 Å². The number of halogens is 1. The van der Waals surface area contributed by atoms with Crippen LogP contribution in [0.1, 0.15) is 30.6 Å². The molecule has 7 nitrogen and oxygen atoms in total. The van der Waals surface area contributed by atoms with Crippen molar-refractivity contribution >= 4 is 29.1 Å². The van der Waals surface area contributed by atoms with Gasteiger partial charge in [0.05, 0.1) is 11.9 Å². The van der Waals surface area contributed by atoms with Gasteiger partial charge in [-0.2, -0.15) is 0 Å². The molecule has 2 heterocycles. The lowest BCUT2D eigenvalue weighted by atomic mass is 10.0. The maximum atomic E-state index is 12.8. The highest BCUT2D eigenvalue weighted by Gasteiger charge is 2.23. The summed E-state index contributed by atoms with van der Waals surface area (Å²) in [7, 11) is 0. The van der Waals surface area contributed by atoms with E-state index in [2.05, 4.69) is 20.6 Å². The molecule has 0 radical (unpaired) electrons. The molecule has 2 N–H and O–H groups in total. The number of hydrogen-bond acceptors (Lipinski definition) is 4. The average molecular weight is 412 g/mol. The van der Waals surface area contributed by atoms with Gasteiger partial charge in [0.25, 0.3) is 5.91 Å². The summed E-state index contributed by atoms with van der Waals surface area (Å²) < 4.78 is 1.76. The summed E-state index contributed by atoms with van der Waals surface area (Å²) in [5.41, 5.74) is 0.996. The Morgan fingerprint density at radius 3 is 2.48 bits per heavy atom. The molecule has 3 aromatic rings. The van der Waals surface area contributed by atoms with E-state index in [9.17, 15) is 9.59 Å². The number of nitrogens with one attached hydrogen (secondary N) is 2. The summed E-state index contributed by atoms with van der Waals surface area (Å²) in [5.74, 6) is 0.294. The van der Waals surface area contributed by atoms with Gasteiger partial charge in [0.2, 0.25) is 5.91 Å². The Morgan fingerprint density at radius 1 is 1.14 bits per heavy atom. The SMILES string of the molecule is CC(C)CC(NC(=O)c1ccc(Cl)cc1)C(=O)Nc1ccc(-n2ccnc2)nc1. The van der Waals surface area contributed by atoms with E-state index >= 15 is 0 Å². The molecule has 0 saturated heterocycles. The molecule has 0 saturated carbocycles. The smallest absolute Gasteiger partial charge is 0.251 e. The topological polar surface area (TPSA) is 88.9 Å². The zero-order valence-electron chi connectivity index (χ0n) is 16.2. The number of nitrogens with zero attached hydrogens (tertiary/aromatic N) is 3. The number of aromatic nitrogens is 3. The van der Waals surface area contributed by atoms with Crippen molar-refractivity contribution in [2.24, 2.45) is 5.92 Å². The molecule has 0 aliphatic rings. The quantitative estimate of drug-likeness (QED) is 0.620. The van der Waals surface area contributed by atoms with Crippen LogP contribution in [0.25, 0.3) is 5.82 Å². The Hall–Kier alpha value is -3.19. The molecule has 150 valence electrons. The molecule has 1 unspecified atom stereocenters.